The van der Waals surface area contributed by atoms with Crippen LogP contribution in [0.25, 0.3) is 0 Å². The van der Waals surface area contributed by atoms with Crippen molar-refractivity contribution in [2.75, 3.05) is 19.0 Å². The third-order valence-electron chi connectivity index (χ3n) is 7.33. The molecule has 33 heavy (non-hydrogen) atoms. The molecule has 2 heterocycles. The fraction of sp³-hybridized carbons (Fsp3) is 0.640. The predicted molar refractivity (Wildman–Crippen MR) is 122 cm³/mol. The Balaban J connectivity index is 1.71. The lowest BCUT2D eigenvalue weighted by atomic mass is 9.58. The Kier molecular flexibility index (Phi) is 6.15. The number of sulfone groups is 1. The Morgan fingerprint density at radius 1 is 1.06 bits per heavy atom. The lowest BCUT2D eigenvalue weighted by molar-refractivity contribution is -0.198. The van der Waals surface area contributed by atoms with Gasteiger partial charge in [0.25, 0.3) is 0 Å². The molecule has 1 aromatic carbocycles. The van der Waals surface area contributed by atoms with E-state index >= 15 is 0 Å². The van der Waals surface area contributed by atoms with Crippen molar-refractivity contribution in [1.82, 2.24) is 0 Å². The van der Waals surface area contributed by atoms with Crippen LogP contribution in [0.4, 0.5) is 0 Å². The van der Waals surface area contributed by atoms with Crippen LogP contribution in [0.15, 0.2) is 46.4 Å². The number of allylic oxidation sites excluding steroid dienone is 1. The summed E-state index contributed by atoms with van der Waals surface area (Å²) in [6.07, 6.45) is 1.82. The molecule has 0 amide bonds. The van der Waals surface area contributed by atoms with Crippen LogP contribution in [-0.2, 0) is 33.6 Å². The molecular weight excluding hydrogens is 444 g/mol. The third kappa shape index (κ3) is 4.00. The van der Waals surface area contributed by atoms with Crippen molar-refractivity contribution in [3.63, 3.8) is 0 Å². The minimum atomic E-state index is -3.49. The van der Waals surface area contributed by atoms with E-state index in [-0.39, 0.29) is 12.2 Å². The zero-order chi connectivity index (χ0) is 24.1. The van der Waals surface area contributed by atoms with Crippen LogP contribution in [0, 0.1) is 5.41 Å². The first-order chi connectivity index (χ1) is 15.4. The molecule has 7 nitrogen and oxygen atoms in total. The van der Waals surface area contributed by atoms with E-state index in [0.29, 0.717) is 31.0 Å². The highest BCUT2D eigenvalue weighted by Crippen LogP contribution is 2.60. The second-order valence-electron chi connectivity index (χ2n) is 10.2. The normalized spacial score (nSPS) is 30.6. The molecule has 4 rings (SSSR count). The minimum Gasteiger partial charge on any atom is -0.344 e. The first kappa shape index (κ1) is 24.5. The van der Waals surface area contributed by atoms with Crippen molar-refractivity contribution in [3.8, 4) is 0 Å². The quantitative estimate of drug-likeness (QED) is 0.454. The summed E-state index contributed by atoms with van der Waals surface area (Å²) in [5, 5.41) is 0. The van der Waals surface area contributed by atoms with E-state index in [1.165, 1.54) is 0 Å². The maximum atomic E-state index is 13.0. The van der Waals surface area contributed by atoms with Crippen molar-refractivity contribution in [2.45, 2.75) is 82.1 Å². The maximum Gasteiger partial charge on any atom is 0.250 e. The average molecular weight is 479 g/mol. The van der Waals surface area contributed by atoms with Crippen LogP contribution in [0.3, 0.4) is 0 Å². The highest BCUT2D eigenvalue weighted by Gasteiger charge is 2.66. The van der Waals surface area contributed by atoms with Gasteiger partial charge in [0.1, 0.15) is 5.60 Å². The maximum absolute atomic E-state index is 13.0. The molecule has 0 radical (unpaired) electrons. The molecule has 0 bridgehead atoms. The van der Waals surface area contributed by atoms with Crippen molar-refractivity contribution in [1.29, 1.82) is 0 Å². The van der Waals surface area contributed by atoms with E-state index in [9.17, 15) is 13.2 Å². The third-order valence-corrected chi connectivity index (χ3v) is 9.09. The van der Waals surface area contributed by atoms with Crippen LogP contribution >= 0.6 is 0 Å². The number of carbonyl (C=O) groups excluding carboxylic acids is 1. The van der Waals surface area contributed by atoms with E-state index < -0.39 is 38.5 Å². The van der Waals surface area contributed by atoms with E-state index in [1.54, 1.807) is 30.3 Å². The second-order valence-corrected chi connectivity index (χ2v) is 12.3. The number of rotatable bonds is 6. The molecule has 3 aliphatic rings. The molecule has 8 heteroatoms. The Morgan fingerprint density at radius 3 is 2.30 bits per heavy atom. The minimum absolute atomic E-state index is 0.0667. The van der Waals surface area contributed by atoms with Crippen LogP contribution in [0.5, 0.6) is 0 Å². The Hall–Kier alpha value is -1.58. The molecule has 0 N–H and O–H groups in total. The zero-order valence-electron chi connectivity index (χ0n) is 20.1. The smallest absolute Gasteiger partial charge is 0.250 e. The highest BCUT2D eigenvalue weighted by atomic mass is 32.2. The van der Waals surface area contributed by atoms with Gasteiger partial charge >= 0.3 is 0 Å². The molecule has 2 saturated heterocycles. The lowest BCUT2D eigenvalue weighted by Crippen LogP contribution is -2.60. The topological polar surface area (TPSA) is 88.1 Å². The fourth-order valence-electron chi connectivity index (χ4n) is 6.00. The van der Waals surface area contributed by atoms with E-state index in [4.69, 9.17) is 18.9 Å². The summed E-state index contributed by atoms with van der Waals surface area (Å²) in [6, 6.07) is 8.45. The molecule has 2 aliphatic heterocycles. The number of benzene rings is 1. The number of hydrogen-bond acceptors (Lipinski definition) is 7. The van der Waals surface area contributed by atoms with Crippen LogP contribution in [0.2, 0.25) is 0 Å². The second kappa shape index (κ2) is 8.27. The van der Waals surface area contributed by atoms with E-state index in [2.05, 4.69) is 0 Å². The molecule has 2 atom stereocenters. The first-order valence-electron chi connectivity index (χ1n) is 11.5. The molecule has 1 spiro atoms. The average Bonchev–Trinajstić information content (AvgIpc) is 3.33. The molecule has 182 valence electrons. The largest absolute Gasteiger partial charge is 0.344 e. The highest BCUT2D eigenvalue weighted by molar-refractivity contribution is 7.91. The fourth-order valence-corrected chi connectivity index (χ4v) is 7.33. The van der Waals surface area contributed by atoms with E-state index in [1.807, 2.05) is 34.6 Å². The van der Waals surface area contributed by atoms with Gasteiger partial charge in [0.15, 0.2) is 21.9 Å². The number of carbonyl (C=O) groups is 1. The number of aldehydes is 1. The summed E-state index contributed by atoms with van der Waals surface area (Å²) in [5.74, 6) is -2.42. The van der Waals surface area contributed by atoms with Crippen LogP contribution < -0.4 is 0 Å². The molecule has 1 aromatic rings. The van der Waals surface area contributed by atoms with Gasteiger partial charge in [-0.2, -0.15) is 0 Å². The monoisotopic (exact) mass is 478 g/mol. The lowest BCUT2D eigenvalue weighted by Gasteiger charge is -2.53. The summed E-state index contributed by atoms with van der Waals surface area (Å²) in [4.78, 5) is 12.5. The van der Waals surface area contributed by atoms with Gasteiger partial charge < -0.3 is 18.9 Å². The summed E-state index contributed by atoms with van der Waals surface area (Å²) in [5.41, 5.74) is 0.229. The number of hydrogen-bond donors (Lipinski definition) is 0. The van der Waals surface area contributed by atoms with Gasteiger partial charge in [-0.3, -0.25) is 4.79 Å². The van der Waals surface area contributed by atoms with Crippen molar-refractivity contribution in [3.05, 3.63) is 41.5 Å². The Labute approximate surface area is 196 Å². The van der Waals surface area contributed by atoms with Crippen molar-refractivity contribution in [2.24, 2.45) is 5.41 Å². The Bertz CT molecular complexity index is 1040. The molecule has 0 saturated carbocycles. The van der Waals surface area contributed by atoms with Gasteiger partial charge in [-0.25, -0.2) is 8.42 Å². The molecule has 2 fully saturated rings. The molecule has 0 unspecified atom stereocenters. The SMILES string of the molecule is CC1=C(C2(C=O)OCCO2)C(C)(C)[C@]2(CC1)OC(C)(C)O[C@H]2CCS(=O)(=O)c1ccccc1. The molecular formula is C25H34O7S. The summed E-state index contributed by atoms with van der Waals surface area (Å²) < 4.78 is 50.7. The molecule has 1 aliphatic carbocycles. The van der Waals surface area contributed by atoms with Crippen molar-refractivity contribution < 1.29 is 32.2 Å². The van der Waals surface area contributed by atoms with Gasteiger partial charge in [-0.15, -0.1) is 0 Å². The van der Waals surface area contributed by atoms with E-state index in [0.717, 1.165) is 17.4 Å². The zero-order valence-corrected chi connectivity index (χ0v) is 20.9. The standard InChI is InChI=1S/C25H34O7S/c1-18-11-13-24(22(2,3)21(18)25(17-26)29-14-15-30-25)20(31-23(4,5)32-24)12-16-33(27,28)19-9-7-6-8-10-19/h6-10,17,20H,11-16H2,1-5H3/t20-,24+/m0/s1. The van der Waals surface area contributed by atoms with Gasteiger partial charge in [0.05, 0.1) is 30.0 Å². The predicted octanol–water partition coefficient (Wildman–Crippen LogP) is 3.82. The first-order valence-corrected chi connectivity index (χ1v) is 13.2. The van der Waals surface area contributed by atoms with Gasteiger partial charge in [0.2, 0.25) is 5.79 Å². The van der Waals surface area contributed by atoms with Gasteiger partial charge in [-0.1, -0.05) is 37.6 Å². The number of ether oxygens (including phenoxy) is 4. The summed E-state index contributed by atoms with van der Waals surface area (Å²) in [7, 11) is -3.49. The summed E-state index contributed by atoms with van der Waals surface area (Å²) >= 11 is 0. The van der Waals surface area contributed by atoms with Crippen LogP contribution in [-0.4, -0.2) is 56.9 Å². The molecule has 0 aromatic heterocycles. The van der Waals surface area contributed by atoms with Crippen LogP contribution in [0.1, 0.15) is 53.9 Å². The Morgan fingerprint density at radius 2 is 1.70 bits per heavy atom. The van der Waals surface area contributed by atoms with Gasteiger partial charge in [-0.05, 0) is 52.2 Å². The van der Waals surface area contributed by atoms with Gasteiger partial charge in [0, 0.05) is 11.0 Å². The summed E-state index contributed by atoms with van der Waals surface area (Å²) in [6.45, 7) is 10.4. The van der Waals surface area contributed by atoms with Crippen molar-refractivity contribution >= 4 is 16.1 Å².